The van der Waals surface area contributed by atoms with E-state index in [0.29, 0.717) is 0 Å². The molecule has 0 heteroatoms. The molecule has 0 fully saturated rings. The lowest BCUT2D eigenvalue weighted by molar-refractivity contribution is 0.661. The van der Waals surface area contributed by atoms with Gasteiger partial charge in [0, 0.05) is 5.41 Å². The Kier molecular flexibility index (Phi) is 7.49. The molecule has 1 aliphatic carbocycles. The van der Waals surface area contributed by atoms with Gasteiger partial charge >= 0.3 is 0 Å². The van der Waals surface area contributed by atoms with Crippen LogP contribution < -0.4 is 0 Å². The third-order valence-electron chi connectivity index (χ3n) is 11.8. The van der Waals surface area contributed by atoms with E-state index >= 15 is 0 Å². The van der Waals surface area contributed by atoms with Crippen LogP contribution in [0.25, 0.3) is 88.3 Å². The van der Waals surface area contributed by atoms with Gasteiger partial charge in [-0.1, -0.05) is 189 Å². The summed E-state index contributed by atoms with van der Waals surface area (Å²) in [5.74, 6) is 0. The van der Waals surface area contributed by atoms with Gasteiger partial charge in [-0.2, -0.15) is 0 Å². The normalized spacial score (nSPS) is 12.9. The van der Waals surface area contributed by atoms with Crippen molar-refractivity contribution in [3.8, 4) is 66.8 Å². The molecule has 9 aromatic carbocycles. The lowest BCUT2D eigenvalue weighted by Crippen LogP contribution is -2.14. The number of fused-ring (bicyclic) bond motifs is 5. The molecule has 0 N–H and O–H groups in total. The van der Waals surface area contributed by atoms with Crippen LogP contribution in [0.3, 0.4) is 0 Å². The van der Waals surface area contributed by atoms with E-state index in [2.05, 4.69) is 209 Å². The molecule has 10 rings (SSSR count). The van der Waals surface area contributed by atoms with E-state index in [1.807, 2.05) is 0 Å². The van der Waals surface area contributed by atoms with Gasteiger partial charge in [0.1, 0.15) is 0 Å². The number of aryl methyl sites for hydroxylation is 1. The second-order valence-corrected chi connectivity index (χ2v) is 15.4. The van der Waals surface area contributed by atoms with Gasteiger partial charge in [-0.3, -0.25) is 0 Å². The molecular formula is C54H40. The standard InChI is InChI=1S/C54H40/c1-35-18-20-40(21-19-35)43-30-31-45-47(32-43)53(42-28-24-39(25-29-42)37-14-8-5-9-15-37)49-34-51-46(44-16-10-11-17-50(44)54(51,2)3)33-48(49)52(45)41-26-22-38(23-27-41)36-12-6-4-7-13-36/h4-34H,1-3H3. The third-order valence-corrected chi connectivity index (χ3v) is 11.8. The highest BCUT2D eigenvalue weighted by atomic mass is 14.4. The lowest BCUT2D eigenvalue weighted by atomic mass is 9.79. The molecule has 0 unspecified atom stereocenters. The average molecular weight is 689 g/mol. The summed E-state index contributed by atoms with van der Waals surface area (Å²) in [6, 6.07) is 69.9. The van der Waals surface area contributed by atoms with Crippen LogP contribution in [0.2, 0.25) is 0 Å². The predicted molar refractivity (Wildman–Crippen MR) is 231 cm³/mol. The minimum atomic E-state index is -0.120. The molecule has 0 heterocycles. The molecule has 256 valence electrons. The summed E-state index contributed by atoms with van der Waals surface area (Å²) in [5.41, 5.74) is 19.0. The second-order valence-electron chi connectivity index (χ2n) is 15.4. The second kappa shape index (κ2) is 12.6. The van der Waals surface area contributed by atoms with Crippen LogP contribution in [0.1, 0.15) is 30.5 Å². The molecule has 9 aromatic rings. The van der Waals surface area contributed by atoms with Gasteiger partial charge < -0.3 is 0 Å². The summed E-state index contributed by atoms with van der Waals surface area (Å²) in [7, 11) is 0. The van der Waals surface area contributed by atoms with Crippen molar-refractivity contribution < 1.29 is 0 Å². The van der Waals surface area contributed by atoms with Gasteiger partial charge in [0.05, 0.1) is 0 Å². The molecule has 0 amide bonds. The molecule has 0 atom stereocenters. The quantitative estimate of drug-likeness (QED) is 0.158. The predicted octanol–water partition coefficient (Wildman–Crippen LogP) is 14.9. The zero-order valence-corrected chi connectivity index (χ0v) is 30.9. The number of hydrogen-bond donors (Lipinski definition) is 0. The van der Waals surface area contributed by atoms with E-state index < -0.39 is 0 Å². The van der Waals surface area contributed by atoms with Crippen molar-refractivity contribution in [3.05, 3.63) is 205 Å². The Labute approximate surface area is 318 Å². The van der Waals surface area contributed by atoms with Crippen LogP contribution in [0.4, 0.5) is 0 Å². The number of hydrogen-bond acceptors (Lipinski definition) is 0. The number of rotatable bonds is 5. The Hall–Kier alpha value is -6.50. The van der Waals surface area contributed by atoms with Gasteiger partial charge in [-0.25, -0.2) is 0 Å². The molecule has 54 heavy (non-hydrogen) atoms. The van der Waals surface area contributed by atoms with Crippen molar-refractivity contribution in [1.29, 1.82) is 0 Å². The molecule has 0 radical (unpaired) electrons. The van der Waals surface area contributed by atoms with Crippen LogP contribution in [0, 0.1) is 6.92 Å². The van der Waals surface area contributed by atoms with E-state index in [4.69, 9.17) is 0 Å². The zero-order valence-electron chi connectivity index (χ0n) is 30.9. The molecule has 1 aliphatic rings. The third kappa shape index (κ3) is 5.21. The zero-order chi connectivity index (χ0) is 36.4. The Bertz CT molecular complexity index is 2840. The largest absolute Gasteiger partial charge is 0.0622 e. The van der Waals surface area contributed by atoms with E-state index in [1.165, 1.54) is 105 Å². The van der Waals surface area contributed by atoms with Gasteiger partial charge in [0.2, 0.25) is 0 Å². The topological polar surface area (TPSA) is 0 Å². The Balaban J connectivity index is 1.30. The maximum atomic E-state index is 2.53. The smallest absolute Gasteiger partial charge is 0.0159 e. The van der Waals surface area contributed by atoms with Crippen molar-refractivity contribution in [2.75, 3.05) is 0 Å². The monoisotopic (exact) mass is 688 g/mol. The minimum absolute atomic E-state index is 0.120. The van der Waals surface area contributed by atoms with E-state index in [1.54, 1.807) is 0 Å². The van der Waals surface area contributed by atoms with Crippen LogP contribution in [-0.2, 0) is 5.41 Å². The van der Waals surface area contributed by atoms with E-state index in [-0.39, 0.29) is 5.41 Å². The first kappa shape index (κ1) is 32.2. The Morgan fingerprint density at radius 1 is 0.296 bits per heavy atom. The summed E-state index contributed by atoms with van der Waals surface area (Å²) >= 11 is 0. The fraction of sp³-hybridized carbons (Fsp3) is 0.0741. The van der Waals surface area contributed by atoms with E-state index in [0.717, 1.165) is 0 Å². The molecule has 0 spiro atoms. The minimum Gasteiger partial charge on any atom is -0.0622 e. The summed E-state index contributed by atoms with van der Waals surface area (Å²) in [5, 5.41) is 5.10. The fourth-order valence-corrected chi connectivity index (χ4v) is 8.89. The van der Waals surface area contributed by atoms with Gasteiger partial charge in [0.25, 0.3) is 0 Å². The first-order chi connectivity index (χ1) is 26.4. The van der Waals surface area contributed by atoms with Gasteiger partial charge in [0.15, 0.2) is 0 Å². The van der Waals surface area contributed by atoms with Gasteiger partial charge in [-0.15, -0.1) is 0 Å². The Morgan fingerprint density at radius 2 is 0.722 bits per heavy atom. The van der Waals surface area contributed by atoms with Crippen LogP contribution in [-0.4, -0.2) is 0 Å². The highest BCUT2D eigenvalue weighted by Gasteiger charge is 2.36. The number of benzene rings is 9. The molecule has 0 nitrogen and oxygen atoms in total. The van der Waals surface area contributed by atoms with Crippen molar-refractivity contribution in [2.24, 2.45) is 0 Å². The average Bonchev–Trinajstić information content (AvgIpc) is 3.45. The molecule has 0 saturated heterocycles. The summed E-state index contributed by atoms with van der Waals surface area (Å²) in [4.78, 5) is 0. The first-order valence-corrected chi connectivity index (χ1v) is 19.0. The van der Waals surface area contributed by atoms with Gasteiger partial charge in [-0.05, 0) is 125 Å². The SMILES string of the molecule is Cc1ccc(-c2ccc3c(-c4ccc(-c5ccccc5)cc4)c4cc5c(cc4c(-c4ccc(-c6ccccc6)cc4)c3c2)C(C)(C)c2ccccc2-5)cc1. The van der Waals surface area contributed by atoms with Crippen LogP contribution in [0.5, 0.6) is 0 Å². The molecule has 0 saturated carbocycles. The Morgan fingerprint density at radius 3 is 1.33 bits per heavy atom. The fourth-order valence-electron chi connectivity index (χ4n) is 8.89. The maximum Gasteiger partial charge on any atom is 0.0159 e. The summed E-state index contributed by atoms with van der Waals surface area (Å²) < 4.78 is 0. The van der Waals surface area contributed by atoms with Crippen molar-refractivity contribution in [1.82, 2.24) is 0 Å². The van der Waals surface area contributed by atoms with Crippen molar-refractivity contribution >= 4 is 21.5 Å². The lowest BCUT2D eigenvalue weighted by Gasteiger charge is -2.24. The molecule has 0 aromatic heterocycles. The maximum absolute atomic E-state index is 2.53. The first-order valence-electron chi connectivity index (χ1n) is 19.0. The highest BCUT2D eigenvalue weighted by molar-refractivity contribution is 6.23. The van der Waals surface area contributed by atoms with Crippen LogP contribution >= 0.6 is 0 Å². The van der Waals surface area contributed by atoms with Crippen molar-refractivity contribution in [2.45, 2.75) is 26.2 Å². The summed E-state index contributed by atoms with van der Waals surface area (Å²) in [6.07, 6.45) is 0. The van der Waals surface area contributed by atoms with Crippen molar-refractivity contribution in [3.63, 3.8) is 0 Å². The molecule has 0 bridgehead atoms. The highest BCUT2D eigenvalue weighted by Crippen LogP contribution is 2.53. The summed E-state index contributed by atoms with van der Waals surface area (Å²) in [6.45, 7) is 6.93. The van der Waals surface area contributed by atoms with E-state index in [9.17, 15) is 0 Å². The molecular weight excluding hydrogens is 649 g/mol. The molecule has 0 aliphatic heterocycles. The van der Waals surface area contributed by atoms with Crippen LogP contribution in [0.15, 0.2) is 188 Å².